The summed E-state index contributed by atoms with van der Waals surface area (Å²) in [6, 6.07) is 9.78. The minimum atomic E-state index is -1.42. The Labute approximate surface area is 134 Å². The first-order chi connectivity index (χ1) is 9.55. The van der Waals surface area contributed by atoms with Gasteiger partial charge in [-0.25, -0.2) is 0 Å². The molecule has 3 heteroatoms. The predicted molar refractivity (Wildman–Crippen MR) is 94.8 cm³/mol. The van der Waals surface area contributed by atoms with Gasteiger partial charge in [0.25, 0.3) is 0 Å². The molecule has 0 atom stereocenters. The van der Waals surface area contributed by atoms with Gasteiger partial charge in [0, 0.05) is 11.1 Å². The van der Waals surface area contributed by atoms with Crippen molar-refractivity contribution in [1.82, 2.24) is 0 Å². The number of aryl methyl sites for hydroxylation is 1. The highest BCUT2D eigenvalue weighted by Gasteiger charge is 2.21. The van der Waals surface area contributed by atoms with E-state index in [1.54, 1.807) is 0 Å². The lowest BCUT2D eigenvalue weighted by Gasteiger charge is -2.23. The SMILES string of the molecule is CCCCCC[Si](C)(C)OCCCc1ccccc1Br. The quantitative estimate of drug-likeness (QED) is 0.359. The fraction of sp³-hybridized carbons (Fsp3) is 0.647. The van der Waals surface area contributed by atoms with Gasteiger partial charge in [-0.3, -0.25) is 0 Å². The molecule has 0 aromatic heterocycles. The molecule has 0 spiro atoms. The minimum Gasteiger partial charge on any atom is -0.417 e. The number of hydrogen-bond acceptors (Lipinski definition) is 1. The van der Waals surface area contributed by atoms with E-state index in [4.69, 9.17) is 4.43 Å². The lowest BCUT2D eigenvalue weighted by molar-refractivity contribution is 0.299. The van der Waals surface area contributed by atoms with Crippen molar-refractivity contribution in [3.8, 4) is 0 Å². The second-order valence-corrected chi connectivity index (χ2v) is 11.3. The Morgan fingerprint density at radius 3 is 2.50 bits per heavy atom. The average molecular weight is 357 g/mol. The average Bonchev–Trinajstić information content (AvgIpc) is 2.42. The van der Waals surface area contributed by atoms with E-state index >= 15 is 0 Å². The van der Waals surface area contributed by atoms with Gasteiger partial charge in [0.2, 0.25) is 0 Å². The molecule has 114 valence electrons. The maximum Gasteiger partial charge on any atom is 0.186 e. The molecule has 1 rings (SSSR count). The summed E-state index contributed by atoms with van der Waals surface area (Å²) in [6.07, 6.45) is 7.61. The van der Waals surface area contributed by atoms with Crippen LogP contribution in [0.25, 0.3) is 0 Å². The molecule has 0 unspecified atom stereocenters. The zero-order valence-electron chi connectivity index (χ0n) is 13.3. The van der Waals surface area contributed by atoms with E-state index in [0.717, 1.165) is 19.4 Å². The Hall–Kier alpha value is -0.123. The summed E-state index contributed by atoms with van der Waals surface area (Å²) in [6.45, 7) is 7.89. The Morgan fingerprint density at radius 1 is 1.05 bits per heavy atom. The molecule has 0 bridgehead atoms. The van der Waals surface area contributed by atoms with Crippen molar-refractivity contribution in [3.05, 3.63) is 34.3 Å². The van der Waals surface area contributed by atoms with Crippen LogP contribution in [0.5, 0.6) is 0 Å². The Balaban J connectivity index is 2.17. The molecule has 20 heavy (non-hydrogen) atoms. The lowest BCUT2D eigenvalue weighted by Crippen LogP contribution is -2.30. The van der Waals surface area contributed by atoms with E-state index in [1.165, 1.54) is 41.8 Å². The number of hydrogen-bond donors (Lipinski definition) is 0. The van der Waals surface area contributed by atoms with E-state index in [0.29, 0.717) is 0 Å². The second kappa shape index (κ2) is 9.75. The highest BCUT2D eigenvalue weighted by atomic mass is 79.9. The van der Waals surface area contributed by atoms with Crippen LogP contribution in [0, 0.1) is 0 Å². The molecule has 0 fully saturated rings. The highest BCUT2D eigenvalue weighted by Crippen LogP contribution is 2.19. The molecule has 1 aromatic rings. The molecule has 1 nitrogen and oxygen atoms in total. The van der Waals surface area contributed by atoms with E-state index in [2.05, 4.69) is 60.2 Å². The van der Waals surface area contributed by atoms with E-state index in [1.807, 2.05) is 0 Å². The first-order valence-corrected chi connectivity index (χ1v) is 11.8. The summed E-state index contributed by atoms with van der Waals surface area (Å²) < 4.78 is 7.41. The van der Waals surface area contributed by atoms with Gasteiger partial charge >= 0.3 is 0 Å². The standard InChI is InChI=1S/C17H29BrOSi/c1-4-5-6-9-15-20(2,3)19-14-10-12-16-11-7-8-13-17(16)18/h7-8,11,13H,4-6,9-10,12,14-15H2,1-3H3. The summed E-state index contributed by atoms with van der Waals surface area (Å²) in [5.74, 6) is 0. The van der Waals surface area contributed by atoms with Crippen LogP contribution < -0.4 is 0 Å². The molecule has 0 saturated carbocycles. The van der Waals surface area contributed by atoms with Crippen molar-refractivity contribution in [3.63, 3.8) is 0 Å². The van der Waals surface area contributed by atoms with Gasteiger partial charge in [-0.1, -0.05) is 66.7 Å². The molecular weight excluding hydrogens is 328 g/mol. The maximum atomic E-state index is 6.19. The molecule has 0 heterocycles. The summed E-state index contributed by atoms with van der Waals surface area (Å²) in [7, 11) is -1.42. The van der Waals surface area contributed by atoms with Crippen LogP contribution in [0.4, 0.5) is 0 Å². The number of unbranched alkanes of at least 4 members (excludes halogenated alkanes) is 3. The summed E-state index contributed by atoms with van der Waals surface area (Å²) in [5.41, 5.74) is 1.39. The smallest absolute Gasteiger partial charge is 0.186 e. The van der Waals surface area contributed by atoms with Crippen LogP contribution >= 0.6 is 15.9 Å². The highest BCUT2D eigenvalue weighted by molar-refractivity contribution is 9.10. The van der Waals surface area contributed by atoms with Crippen molar-refractivity contribution in [1.29, 1.82) is 0 Å². The van der Waals surface area contributed by atoms with Gasteiger partial charge in [-0.15, -0.1) is 0 Å². The van der Waals surface area contributed by atoms with Gasteiger partial charge in [-0.05, 0) is 43.6 Å². The van der Waals surface area contributed by atoms with Crippen LogP contribution in [0.1, 0.15) is 44.6 Å². The molecule has 0 N–H and O–H groups in total. The summed E-state index contributed by atoms with van der Waals surface area (Å²) >= 11 is 3.60. The number of halogens is 1. The third kappa shape index (κ3) is 7.60. The Kier molecular flexibility index (Phi) is 8.74. The summed E-state index contributed by atoms with van der Waals surface area (Å²) in [5, 5.41) is 0. The van der Waals surface area contributed by atoms with Crippen LogP contribution in [0.15, 0.2) is 28.7 Å². The van der Waals surface area contributed by atoms with E-state index in [-0.39, 0.29) is 0 Å². The number of benzene rings is 1. The zero-order chi connectivity index (χ0) is 14.8. The van der Waals surface area contributed by atoms with Crippen LogP contribution in [0.3, 0.4) is 0 Å². The van der Waals surface area contributed by atoms with Crippen molar-refractivity contribution >= 4 is 24.2 Å². The Bertz CT molecular complexity index is 379. The first-order valence-electron chi connectivity index (χ1n) is 7.92. The van der Waals surface area contributed by atoms with Crippen LogP contribution in [0.2, 0.25) is 19.1 Å². The molecule has 1 aromatic carbocycles. The molecule has 0 aliphatic carbocycles. The van der Waals surface area contributed by atoms with Gasteiger partial charge < -0.3 is 4.43 Å². The van der Waals surface area contributed by atoms with Gasteiger partial charge in [0.15, 0.2) is 8.32 Å². The minimum absolute atomic E-state index is 0.911. The second-order valence-electron chi connectivity index (χ2n) is 6.11. The van der Waals surface area contributed by atoms with Crippen LogP contribution in [-0.4, -0.2) is 14.9 Å². The van der Waals surface area contributed by atoms with Gasteiger partial charge in [0.05, 0.1) is 0 Å². The lowest BCUT2D eigenvalue weighted by atomic mass is 10.1. The fourth-order valence-corrected chi connectivity index (χ4v) is 4.79. The van der Waals surface area contributed by atoms with Gasteiger partial charge in [-0.2, -0.15) is 0 Å². The first kappa shape index (κ1) is 17.9. The third-order valence-electron chi connectivity index (χ3n) is 3.67. The summed E-state index contributed by atoms with van der Waals surface area (Å²) in [4.78, 5) is 0. The van der Waals surface area contributed by atoms with Crippen molar-refractivity contribution in [2.24, 2.45) is 0 Å². The molecule has 0 saturated heterocycles. The molecular formula is C17H29BrOSi. The van der Waals surface area contributed by atoms with Gasteiger partial charge in [0.1, 0.15) is 0 Å². The molecule has 0 aliphatic heterocycles. The van der Waals surface area contributed by atoms with E-state index in [9.17, 15) is 0 Å². The topological polar surface area (TPSA) is 9.23 Å². The van der Waals surface area contributed by atoms with Crippen molar-refractivity contribution < 1.29 is 4.43 Å². The Morgan fingerprint density at radius 2 is 1.80 bits per heavy atom. The monoisotopic (exact) mass is 356 g/mol. The third-order valence-corrected chi connectivity index (χ3v) is 6.99. The molecule has 0 amide bonds. The molecule has 0 radical (unpaired) electrons. The van der Waals surface area contributed by atoms with E-state index < -0.39 is 8.32 Å². The van der Waals surface area contributed by atoms with Crippen molar-refractivity contribution in [2.45, 2.75) is 64.6 Å². The molecule has 0 aliphatic rings. The van der Waals surface area contributed by atoms with Crippen molar-refractivity contribution in [2.75, 3.05) is 6.61 Å². The normalized spacial score (nSPS) is 11.8. The maximum absolute atomic E-state index is 6.19. The zero-order valence-corrected chi connectivity index (χ0v) is 15.8. The number of rotatable bonds is 10. The predicted octanol–water partition coefficient (Wildman–Crippen LogP) is 6.18. The van der Waals surface area contributed by atoms with Crippen LogP contribution in [-0.2, 0) is 10.8 Å². The largest absolute Gasteiger partial charge is 0.417 e. The fourth-order valence-electron chi connectivity index (χ4n) is 2.36.